The van der Waals surface area contributed by atoms with Crippen molar-refractivity contribution in [3.63, 3.8) is 0 Å². The third-order valence-corrected chi connectivity index (χ3v) is 3.02. The summed E-state index contributed by atoms with van der Waals surface area (Å²) in [6.07, 6.45) is 1.87. The molecule has 0 amide bonds. The van der Waals surface area contributed by atoms with Crippen LogP contribution in [0.25, 0.3) is 0 Å². The maximum atomic E-state index is 5.35. The molecule has 0 aliphatic heterocycles. The standard InChI is InChI=1S/C6H17NO2Si/c1-8-6(10,9-2)4-3-5-7/h3-5,7H2,1-2,10H3. The van der Waals surface area contributed by atoms with E-state index < -0.39 is 0 Å². The minimum atomic E-state index is -0.306. The van der Waals surface area contributed by atoms with E-state index in [-0.39, 0.29) is 5.41 Å². The van der Waals surface area contributed by atoms with Crippen molar-refractivity contribution in [3.05, 3.63) is 0 Å². The van der Waals surface area contributed by atoms with E-state index in [4.69, 9.17) is 15.2 Å². The minimum absolute atomic E-state index is 0.306. The van der Waals surface area contributed by atoms with Gasteiger partial charge in [0.15, 0.2) is 0 Å². The predicted octanol–water partition coefficient (Wildman–Crippen LogP) is -0.963. The van der Waals surface area contributed by atoms with Crippen LogP contribution in [0, 0.1) is 0 Å². The first-order valence-corrected chi connectivity index (χ1v) is 4.49. The molecule has 0 aliphatic carbocycles. The van der Waals surface area contributed by atoms with Crippen molar-refractivity contribution in [1.29, 1.82) is 0 Å². The van der Waals surface area contributed by atoms with Crippen LogP contribution >= 0.6 is 0 Å². The van der Waals surface area contributed by atoms with E-state index in [1.165, 1.54) is 0 Å². The van der Waals surface area contributed by atoms with Crippen molar-refractivity contribution in [2.45, 2.75) is 18.3 Å². The molecule has 0 aliphatic rings. The molecule has 0 radical (unpaired) electrons. The molecule has 0 heterocycles. The van der Waals surface area contributed by atoms with Gasteiger partial charge in [-0.2, -0.15) is 0 Å². The van der Waals surface area contributed by atoms with E-state index in [0.717, 1.165) is 23.1 Å². The molecule has 0 spiro atoms. The Kier molecular flexibility index (Phi) is 4.89. The summed E-state index contributed by atoms with van der Waals surface area (Å²) in [6.45, 7) is 0.705. The molecule has 0 aromatic heterocycles. The molecule has 0 aromatic rings. The van der Waals surface area contributed by atoms with E-state index in [1.807, 2.05) is 0 Å². The Morgan fingerprint density at radius 2 is 1.90 bits per heavy atom. The van der Waals surface area contributed by atoms with Crippen LogP contribution in [-0.2, 0) is 9.47 Å². The van der Waals surface area contributed by atoms with Gasteiger partial charge in [-0.25, -0.2) is 0 Å². The maximum absolute atomic E-state index is 5.35. The molecule has 10 heavy (non-hydrogen) atoms. The summed E-state index contributed by atoms with van der Waals surface area (Å²) in [5.41, 5.74) is 5.04. The van der Waals surface area contributed by atoms with Crippen LogP contribution < -0.4 is 5.73 Å². The molecule has 2 N–H and O–H groups in total. The number of rotatable bonds is 5. The molecule has 4 heteroatoms. The van der Waals surface area contributed by atoms with Gasteiger partial charge in [-0.3, -0.25) is 0 Å². The van der Waals surface area contributed by atoms with E-state index in [0.29, 0.717) is 6.54 Å². The van der Waals surface area contributed by atoms with E-state index in [2.05, 4.69) is 0 Å². The van der Waals surface area contributed by atoms with Crippen LogP contribution in [0.5, 0.6) is 0 Å². The van der Waals surface area contributed by atoms with Gasteiger partial charge < -0.3 is 15.2 Å². The zero-order valence-corrected chi connectivity index (χ0v) is 9.02. The molecule has 0 bridgehead atoms. The van der Waals surface area contributed by atoms with E-state index in [9.17, 15) is 0 Å². The molecule has 3 nitrogen and oxygen atoms in total. The maximum Gasteiger partial charge on any atom is 0.140 e. The summed E-state index contributed by atoms with van der Waals surface area (Å²) in [7, 11) is 4.23. The van der Waals surface area contributed by atoms with Gasteiger partial charge >= 0.3 is 0 Å². The summed E-state index contributed by atoms with van der Waals surface area (Å²) in [4.78, 5) is 0. The second kappa shape index (κ2) is 4.84. The summed E-state index contributed by atoms with van der Waals surface area (Å²) in [6, 6.07) is 0. The monoisotopic (exact) mass is 163 g/mol. The van der Waals surface area contributed by atoms with Crippen LogP contribution in [0.3, 0.4) is 0 Å². The lowest BCUT2D eigenvalue weighted by Gasteiger charge is -2.26. The van der Waals surface area contributed by atoms with E-state index in [1.54, 1.807) is 14.2 Å². The molecule has 0 saturated heterocycles. The van der Waals surface area contributed by atoms with Gasteiger partial charge in [0, 0.05) is 14.2 Å². The Morgan fingerprint density at radius 1 is 1.40 bits per heavy atom. The first-order chi connectivity index (χ1) is 4.68. The fourth-order valence-electron chi connectivity index (χ4n) is 0.711. The topological polar surface area (TPSA) is 44.5 Å². The number of ether oxygens (including phenoxy) is 2. The third kappa shape index (κ3) is 3.31. The molecular formula is C6H17NO2Si. The Labute approximate surface area is 65.3 Å². The van der Waals surface area contributed by atoms with Gasteiger partial charge in [0.2, 0.25) is 0 Å². The molecular weight excluding hydrogens is 146 g/mol. The van der Waals surface area contributed by atoms with Gasteiger partial charge in [-0.05, 0) is 19.4 Å². The predicted molar refractivity (Wildman–Crippen MR) is 45.0 cm³/mol. The summed E-state index contributed by atoms with van der Waals surface area (Å²) in [5.74, 6) is 0. The minimum Gasteiger partial charge on any atom is -0.358 e. The Hall–Kier alpha value is 0.0969. The fraction of sp³-hybridized carbons (Fsp3) is 1.00. The summed E-state index contributed by atoms with van der Waals surface area (Å²) in [5, 5.41) is 0. The van der Waals surface area contributed by atoms with Crippen molar-refractivity contribution >= 4 is 10.2 Å². The van der Waals surface area contributed by atoms with Crippen LogP contribution in [0.15, 0.2) is 0 Å². The number of methoxy groups -OCH3 is 2. The first kappa shape index (κ1) is 10.1. The summed E-state index contributed by atoms with van der Waals surface area (Å²) < 4.78 is 10.3. The quantitative estimate of drug-likeness (QED) is 0.419. The highest BCUT2D eigenvalue weighted by Gasteiger charge is 2.20. The molecule has 0 rings (SSSR count). The van der Waals surface area contributed by atoms with Gasteiger partial charge in [-0.15, -0.1) is 0 Å². The Balaban J connectivity index is 3.58. The molecule has 0 aromatic carbocycles. The summed E-state index contributed by atoms with van der Waals surface area (Å²) >= 11 is 0. The largest absolute Gasteiger partial charge is 0.358 e. The van der Waals surface area contributed by atoms with Crippen molar-refractivity contribution < 1.29 is 9.47 Å². The Bertz CT molecular complexity index is 85.8. The highest BCUT2D eigenvalue weighted by molar-refractivity contribution is 6.13. The Morgan fingerprint density at radius 3 is 2.20 bits per heavy atom. The van der Waals surface area contributed by atoms with Crippen LogP contribution in [0.2, 0.25) is 0 Å². The third-order valence-electron chi connectivity index (χ3n) is 1.70. The molecule has 0 unspecified atom stereocenters. The average Bonchev–Trinajstić information content (AvgIpc) is 2.00. The number of hydrogen-bond acceptors (Lipinski definition) is 3. The van der Waals surface area contributed by atoms with Crippen LogP contribution in [-0.4, -0.2) is 36.4 Å². The van der Waals surface area contributed by atoms with Crippen molar-refractivity contribution in [2.75, 3.05) is 20.8 Å². The lowest BCUT2D eigenvalue weighted by atomic mass is 10.3. The normalized spacial score (nSPS) is 12.3. The van der Waals surface area contributed by atoms with Crippen LogP contribution in [0.4, 0.5) is 0 Å². The zero-order chi connectivity index (χ0) is 8.04. The molecule has 62 valence electrons. The highest BCUT2D eigenvalue weighted by atomic mass is 28.1. The van der Waals surface area contributed by atoms with Gasteiger partial charge in [0.25, 0.3) is 0 Å². The van der Waals surface area contributed by atoms with Crippen LogP contribution in [0.1, 0.15) is 12.8 Å². The lowest BCUT2D eigenvalue weighted by Crippen LogP contribution is -2.34. The fourth-order valence-corrected chi connectivity index (χ4v) is 1.06. The van der Waals surface area contributed by atoms with Crippen molar-refractivity contribution in [1.82, 2.24) is 0 Å². The van der Waals surface area contributed by atoms with Crippen molar-refractivity contribution in [2.24, 2.45) is 5.73 Å². The highest BCUT2D eigenvalue weighted by Crippen LogP contribution is 2.12. The second-order valence-corrected chi connectivity index (χ2v) is 3.96. The number of nitrogens with two attached hydrogens (primary N) is 1. The SMILES string of the molecule is COC([SiH3])(CCCN)OC. The molecule has 0 saturated carbocycles. The first-order valence-electron chi connectivity index (χ1n) is 3.49. The smallest absolute Gasteiger partial charge is 0.140 e. The average molecular weight is 163 g/mol. The lowest BCUT2D eigenvalue weighted by molar-refractivity contribution is -0.146. The van der Waals surface area contributed by atoms with Gasteiger partial charge in [0.1, 0.15) is 5.41 Å². The second-order valence-electron chi connectivity index (χ2n) is 2.43. The molecule has 0 atom stereocenters. The van der Waals surface area contributed by atoms with Crippen molar-refractivity contribution in [3.8, 4) is 0 Å². The zero-order valence-electron chi connectivity index (χ0n) is 7.02. The van der Waals surface area contributed by atoms with Gasteiger partial charge in [0.05, 0.1) is 10.2 Å². The van der Waals surface area contributed by atoms with Gasteiger partial charge in [-0.1, -0.05) is 0 Å². The van der Waals surface area contributed by atoms with E-state index >= 15 is 0 Å². The molecule has 0 fully saturated rings. The number of hydrogen-bond donors (Lipinski definition) is 1.